The van der Waals surface area contributed by atoms with E-state index in [1.54, 1.807) is 4.90 Å². The van der Waals surface area contributed by atoms with Crippen molar-refractivity contribution < 1.29 is 23.9 Å². The van der Waals surface area contributed by atoms with Crippen LogP contribution >= 0.6 is 0 Å². The Morgan fingerprint density at radius 1 is 0.944 bits per heavy atom. The summed E-state index contributed by atoms with van der Waals surface area (Å²) in [5.74, 6) is -0.255. The smallest absolute Gasteiger partial charge is 0.317 e. The Balaban J connectivity index is 1.14. The fourth-order valence-corrected chi connectivity index (χ4v) is 5.24. The second-order valence-electron chi connectivity index (χ2n) is 9.90. The summed E-state index contributed by atoms with van der Waals surface area (Å²) in [7, 11) is 0. The van der Waals surface area contributed by atoms with Gasteiger partial charge in [-0.1, -0.05) is 24.3 Å². The fourth-order valence-electron chi connectivity index (χ4n) is 5.24. The highest BCUT2D eigenvalue weighted by atomic mass is 16.5. The Morgan fingerprint density at radius 2 is 1.58 bits per heavy atom. The molecule has 2 heterocycles. The van der Waals surface area contributed by atoms with Crippen LogP contribution in [0.2, 0.25) is 0 Å². The lowest BCUT2D eigenvalue weighted by Crippen LogP contribution is -2.48. The highest BCUT2D eigenvalue weighted by Crippen LogP contribution is 2.29. The van der Waals surface area contributed by atoms with Crippen molar-refractivity contribution in [1.29, 1.82) is 5.41 Å². The number of nitrogens with one attached hydrogen (secondary N) is 2. The lowest BCUT2D eigenvalue weighted by Gasteiger charge is -2.35. The van der Waals surface area contributed by atoms with E-state index >= 15 is 0 Å². The Labute approximate surface area is 212 Å². The maximum absolute atomic E-state index is 12.8. The van der Waals surface area contributed by atoms with Gasteiger partial charge >= 0.3 is 12.0 Å². The standard InChI is InChI=1S/C26H37N5O5/c27-24(28)20-3-1-18(2-4-20)19-9-11-31(12-10-19)26(34)29-22-7-5-21(6-8-22)25(33)36-17-23(32)30-13-15-35-16-14-30/h1-4,19,21-22H,5-17H2,(H3,27,28)(H,29,34). The number of urea groups is 1. The molecule has 0 unspecified atom stereocenters. The predicted molar refractivity (Wildman–Crippen MR) is 134 cm³/mol. The summed E-state index contributed by atoms with van der Waals surface area (Å²) in [6, 6.07) is 7.82. The van der Waals surface area contributed by atoms with E-state index in [2.05, 4.69) is 5.32 Å². The third-order valence-electron chi connectivity index (χ3n) is 7.57. The number of benzene rings is 1. The molecular weight excluding hydrogens is 462 g/mol. The summed E-state index contributed by atoms with van der Waals surface area (Å²) >= 11 is 0. The van der Waals surface area contributed by atoms with E-state index in [1.807, 2.05) is 29.2 Å². The number of nitrogens with zero attached hydrogens (tertiary/aromatic N) is 2. The van der Waals surface area contributed by atoms with Gasteiger partial charge in [-0.05, 0) is 50.0 Å². The SMILES string of the molecule is N=C(N)c1ccc(C2CCN(C(=O)NC3CCC(C(=O)OCC(=O)N4CCOCC4)CC3)CC2)cc1. The predicted octanol–water partition coefficient (Wildman–Crippen LogP) is 1.82. The molecule has 4 rings (SSSR count). The molecule has 36 heavy (non-hydrogen) atoms. The summed E-state index contributed by atoms with van der Waals surface area (Å²) in [5, 5.41) is 10.7. The van der Waals surface area contributed by atoms with Crippen LogP contribution in [-0.2, 0) is 19.1 Å². The van der Waals surface area contributed by atoms with E-state index < -0.39 is 0 Å². The second-order valence-corrected chi connectivity index (χ2v) is 9.90. The van der Waals surface area contributed by atoms with Crippen molar-refractivity contribution in [2.75, 3.05) is 46.0 Å². The van der Waals surface area contributed by atoms with Gasteiger partial charge in [0.05, 0.1) is 19.1 Å². The number of amides is 3. The third kappa shape index (κ3) is 6.75. The van der Waals surface area contributed by atoms with Gasteiger partial charge in [-0.25, -0.2) is 4.79 Å². The number of ether oxygens (including phenoxy) is 2. The van der Waals surface area contributed by atoms with Crippen LogP contribution in [0.1, 0.15) is 55.6 Å². The minimum Gasteiger partial charge on any atom is -0.455 e. The Hall–Kier alpha value is -3.14. The summed E-state index contributed by atoms with van der Waals surface area (Å²) in [6.07, 6.45) is 4.54. The third-order valence-corrected chi connectivity index (χ3v) is 7.57. The molecule has 3 fully saturated rings. The number of amidine groups is 1. The zero-order valence-corrected chi connectivity index (χ0v) is 20.7. The number of likely N-dealkylation sites (tertiary alicyclic amines) is 1. The number of nitrogens with two attached hydrogens (primary N) is 1. The van der Waals surface area contributed by atoms with Crippen molar-refractivity contribution in [3.63, 3.8) is 0 Å². The van der Waals surface area contributed by atoms with Crippen molar-refractivity contribution in [3.8, 4) is 0 Å². The molecule has 0 bridgehead atoms. The van der Waals surface area contributed by atoms with Crippen molar-refractivity contribution in [2.45, 2.75) is 50.5 Å². The first-order chi connectivity index (χ1) is 17.4. The molecule has 1 aliphatic carbocycles. The molecule has 0 radical (unpaired) electrons. The summed E-state index contributed by atoms with van der Waals surface area (Å²) in [6.45, 7) is 3.28. The molecule has 3 amide bonds. The summed E-state index contributed by atoms with van der Waals surface area (Å²) in [5.41, 5.74) is 7.48. The first-order valence-corrected chi connectivity index (χ1v) is 12.9. The maximum atomic E-state index is 12.8. The molecule has 4 N–H and O–H groups in total. The molecule has 10 nitrogen and oxygen atoms in total. The highest BCUT2D eigenvalue weighted by Gasteiger charge is 2.31. The topological polar surface area (TPSA) is 138 Å². The number of rotatable bonds is 6. The first-order valence-electron chi connectivity index (χ1n) is 12.9. The van der Waals surface area contributed by atoms with Crippen molar-refractivity contribution in [1.82, 2.24) is 15.1 Å². The van der Waals surface area contributed by atoms with Crippen LogP contribution in [0, 0.1) is 11.3 Å². The summed E-state index contributed by atoms with van der Waals surface area (Å²) < 4.78 is 10.5. The highest BCUT2D eigenvalue weighted by molar-refractivity contribution is 5.94. The van der Waals surface area contributed by atoms with E-state index in [9.17, 15) is 14.4 Å². The van der Waals surface area contributed by atoms with Crippen LogP contribution in [0.15, 0.2) is 24.3 Å². The van der Waals surface area contributed by atoms with E-state index in [0.29, 0.717) is 58.2 Å². The van der Waals surface area contributed by atoms with Gasteiger partial charge < -0.3 is 30.3 Å². The van der Waals surface area contributed by atoms with Crippen LogP contribution in [0.4, 0.5) is 4.79 Å². The molecule has 3 aliphatic rings. The van der Waals surface area contributed by atoms with Gasteiger partial charge in [-0.15, -0.1) is 0 Å². The maximum Gasteiger partial charge on any atom is 0.317 e. The second kappa shape index (κ2) is 12.2. The number of piperidine rings is 1. The number of morpholine rings is 1. The quantitative estimate of drug-likeness (QED) is 0.310. The van der Waals surface area contributed by atoms with Crippen LogP contribution in [0.25, 0.3) is 0 Å². The number of carbonyl (C=O) groups is 3. The molecule has 1 aromatic rings. The number of carbonyl (C=O) groups excluding carboxylic acids is 3. The minimum atomic E-state index is -0.320. The lowest BCUT2D eigenvalue weighted by atomic mass is 9.86. The Bertz CT molecular complexity index is 931. The van der Waals surface area contributed by atoms with Gasteiger partial charge in [-0.2, -0.15) is 0 Å². The number of hydrogen-bond acceptors (Lipinski definition) is 6. The van der Waals surface area contributed by atoms with Gasteiger partial charge in [0.25, 0.3) is 5.91 Å². The molecule has 0 spiro atoms. The largest absolute Gasteiger partial charge is 0.455 e. The van der Waals surface area contributed by atoms with Crippen LogP contribution in [0.3, 0.4) is 0 Å². The van der Waals surface area contributed by atoms with Gasteiger partial charge in [0.15, 0.2) is 6.61 Å². The van der Waals surface area contributed by atoms with Crippen LogP contribution in [0.5, 0.6) is 0 Å². The Morgan fingerprint density at radius 3 is 2.19 bits per heavy atom. The van der Waals surface area contributed by atoms with E-state index in [4.69, 9.17) is 20.6 Å². The normalized spacial score (nSPS) is 23.1. The van der Waals surface area contributed by atoms with Gasteiger partial charge in [0.1, 0.15) is 5.84 Å². The fraction of sp³-hybridized carbons (Fsp3) is 0.615. The van der Waals surface area contributed by atoms with Crippen LogP contribution in [-0.4, -0.2) is 85.6 Å². The van der Waals surface area contributed by atoms with E-state index in [-0.39, 0.29) is 42.3 Å². The zero-order valence-electron chi connectivity index (χ0n) is 20.7. The molecule has 0 atom stereocenters. The summed E-state index contributed by atoms with van der Waals surface area (Å²) in [4.78, 5) is 41.0. The molecule has 1 aromatic carbocycles. The Kier molecular flexibility index (Phi) is 8.79. The zero-order chi connectivity index (χ0) is 25.5. The van der Waals surface area contributed by atoms with Crippen molar-refractivity contribution in [3.05, 3.63) is 35.4 Å². The van der Waals surface area contributed by atoms with E-state index in [0.717, 1.165) is 31.2 Å². The molecule has 2 aliphatic heterocycles. The van der Waals surface area contributed by atoms with Crippen LogP contribution < -0.4 is 11.1 Å². The number of esters is 1. The number of nitrogen functional groups attached to an aromatic ring is 1. The van der Waals surface area contributed by atoms with Crippen molar-refractivity contribution in [2.24, 2.45) is 11.7 Å². The molecular formula is C26H37N5O5. The average Bonchev–Trinajstić information content (AvgIpc) is 2.92. The molecule has 196 valence electrons. The lowest BCUT2D eigenvalue weighted by molar-refractivity contribution is -0.157. The molecule has 1 saturated carbocycles. The monoisotopic (exact) mass is 499 g/mol. The first kappa shape index (κ1) is 25.9. The van der Waals surface area contributed by atoms with Gasteiger partial charge in [-0.3, -0.25) is 15.0 Å². The van der Waals surface area contributed by atoms with E-state index in [1.165, 1.54) is 5.56 Å². The molecule has 0 aromatic heterocycles. The van der Waals surface area contributed by atoms with Crippen molar-refractivity contribution >= 4 is 23.7 Å². The van der Waals surface area contributed by atoms with Gasteiger partial charge in [0, 0.05) is 37.8 Å². The molecule has 10 heteroatoms. The number of hydrogen-bond donors (Lipinski definition) is 3. The molecule has 2 saturated heterocycles. The minimum absolute atomic E-state index is 0.0393. The van der Waals surface area contributed by atoms with Gasteiger partial charge in [0.2, 0.25) is 0 Å². The average molecular weight is 500 g/mol.